The molecule has 2 atom stereocenters. The molecule has 0 bridgehead atoms. The number of aromatic nitrogens is 1. The van der Waals surface area contributed by atoms with Crippen LogP contribution in [-0.4, -0.2) is 72.0 Å². The maximum absolute atomic E-state index is 12.1. The Balaban J connectivity index is 0.00000342. The number of anilines is 1. The SMILES string of the molecule is CCNC(=O)c1cnc(N2CCN(C3CCN(C(C)c4ccc(Cl)cc4)CC3)[C@@H](C)C2)c(Cl)c1.[HH]. The van der Waals surface area contributed by atoms with E-state index in [1.54, 1.807) is 12.3 Å². The third-order valence-corrected chi connectivity index (χ3v) is 7.80. The molecule has 1 unspecified atom stereocenters. The Morgan fingerprint density at radius 1 is 1.18 bits per heavy atom. The zero-order valence-electron chi connectivity index (χ0n) is 20.3. The van der Waals surface area contributed by atoms with Gasteiger partial charge in [-0.25, -0.2) is 4.98 Å². The van der Waals surface area contributed by atoms with Crippen LogP contribution in [0.25, 0.3) is 0 Å². The monoisotopic (exact) mass is 505 g/mol. The van der Waals surface area contributed by atoms with Crippen molar-refractivity contribution in [2.45, 2.75) is 51.7 Å². The first kappa shape index (κ1) is 25.2. The molecule has 0 radical (unpaired) electrons. The highest BCUT2D eigenvalue weighted by Crippen LogP contribution is 2.31. The number of pyridine rings is 1. The molecule has 34 heavy (non-hydrogen) atoms. The topological polar surface area (TPSA) is 51.7 Å². The summed E-state index contributed by atoms with van der Waals surface area (Å²) in [7, 11) is 0. The summed E-state index contributed by atoms with van der Waals surface area (Å²) in [6.45, 7) is 12.0. The number of likely N-dealkylation sites (tertiary alicyclic amines) is 1. The fraction of sp³-hybridized carbons (Fsp3) is 0.538. The van der Waals surface area contributed by atoms with E-state index in [0.717, 1.165) is 43.6 Å². The molecule has 1 aromatic carbocycles. The molecular weight excluding hydrogens is 469 g/mol. The average molecular weight is 507 g/mol. The molecule has 2 fully saturated rings. The second-order valence-electron chi connectivity index (χ2n) is 9.42. The third kappa shape index (κ3) is 5.68. The number of carbonyl (C=O) groups is 1. The molecule has 4 rings (SSSR count). The Morgan fingerprint density at radius 3 is 2.50 bits per heavy atom. The molecular formula is C26H37Cl2N5O. The lowest BCUT2D eigenvalue weighted by molar-refractivity contribution is 0.0583. The summed E-state index contributed by atoms with van der Waals surface area (Å²) in [4.78, 5) is 24.1. The maximum atomic E-state index is 12.1. The van der Waals surface area contributed by atoms with Gasteiger partial charge in [0.25, 0.3) is 5.91 Å². The van der Waals surface area contributed by atoms with Gasteiger partial charge in [-0.3, -0.25) is 14.6 Å². The summed E-state index contributed by atoms with van der Waals surface area (Å²) >= 11 is 12.6. The van der Waals surface area contributed by atoms with Gasteiger partial charge >= 0.3 is 0 Å². The van der Waals surface area contributed by atoms with Crippen LogP contribution in [-0.2, 0) is 0 Å². The maximum Gasteiger partial charge on any atom is 0.252 e. The lowest BCUT2D eigenvalue weighted by Crippen LogP contribution is -2.57. The molecule has 1 N–H and O–H groups in total. The number of amides is 1. The molecule has 6 nitrogen and oxygen atoms in total. The molecule has 0 saturated carbocycles. The molecule has 8 heteroatoms. The minimum atomic E-state index is -0.140. The summed E-state index contributed by atoms with van der Waals surface area (Å²) in [5, 5.41) is 4.12. The van der Waals surface area contributed by atoms with Crippen LogP contribution in [0.2, 0.25) is 10.0 Å². The molecule has 0 aliphatic carbocycles. The van der Waals surface area contributed by atoms with Gasteiger partial charge in [-0.2, -0.15) is 0 Å². The minimum Gasteiger partial charge on any atom is -0.353 e. The van der Waals surface area contributed by atoms with Crippen molar-refractivity contribution in [2.75, 3.05) is 44.2 Å². The van der Waals surface area contributed by atoms with E-state index in [2.05, 4.69) is 51.0 Å². The van der Waals surface area contributed by atoms with Crippen molar-refractivity contribution in [3.63, 3.8) is 0 Å². The van der Waals surface area contributed by atoms with Crippen LogP contribution >= 0.6 is 23.2 Å². The standard InChI is InChI=1S/C26H35Cl2N5O.H2/c1-4-29-26(34)21-15-24(28)25(30-16-21)32-13-14-33(18(2)17-32)23-9-11-31(12-10-23)19(3)20-5-7-22(27)8-6-20;/h5-8,15-16,18-19,23H,4,9-14,17H2,1-3H3,(H,29,34);1H/t18-,19?;/m0./s1. The number of carbonyl (C=O) groups excluding carboxylic acids is 1. The number of piperidine rings is 1. The molecule has 1 amide bonds. The first-order chi connectivity index (χ1) is 16.4. The lowest BCUT2D eigenvalue weighted by Gasteiger charge is -2.47. The number of benzene rings is 1. The largest absolute Gasteiger partial charge is 0.353 e. The minimum absolute atomic E-state index is 0. The Morgan fingerprint density at radius 2 is 1.88 bits per heavy atom. The van der Waals surface area contributed by atoms with Crippen LogP contribution in [0.4, 0.5) is 5.82 Å². The van der Waals surface area contributed by atoms with Crippen LogP contribution in [0.1, 0.15) is 57.0 Å². The van der Waals surface area contributed by atoms with Crippen molar-refractivity contribution >= 4 is 34.9 Å². The fourth-order valence-electron chi connectivity index (χ4n) is 5.31. The molecule has 2 aliphatic rings. The molecule has 186 valence electrons. The van der Waals surface area contributed by atoms with Crippen molar-refractivity contribution in [3.05, 3.63) is 57.7 Å². The number of rotatable bonds is 6. The smallest absolute Gasteiger partial charge is 0.252 e. The Bertz CT molecular complexity index is 984. The van der Waals surface area contributed by atoms with Crippen molar-refractivity contribution in [1.82, 2.24) is 20.1 Å². The second-order valence-corrected chi connectivity index (χ2v) is 10.3. The second kappa shape index (κ2) is 11.3. The summed E-state index contributed by atoms with van der Waals surface area (Å²) < 4.78 is 0. The quantitative estimate of drug-likeness (QED) is 0.590. The highest BCUT2D eigenvalue weighted by Gasteiger charge is 2.33. The molecule has 3 heterocycles. The van der Waals surface area contributed by atoms with Gasteiger partial charge in [0.15, 0.2) is 0 Å². The van der Waals surface area contributed by atoms with Gasteiger partial charge in [0.1, 0.15) is 5.82 Å². The number of hydrogen-bond acceptors (Lipinski definition) is 5. The van der Waals surface area contributed by atoms with E-state index < -0.39 is 0 Å². The number of halogens is 2. The number of piperazine rings is 1. The molecule has 2 aliphatic heterocycles. The van der Waals surface area contributed by atoms with Crippen molar-refractivity contribution in [1.29, 1.82) is 0 Å². The molecule has 0 spiro atoms. The van der Waals surface area contributed by atoms with Gasteiger partial charge in [0.05, 0.1) is 10.6 Å². The van der Waals surface area contributed by atoms with Gasteiger partial charge in [-0.1, -0.05) is 35.3 Å². The molecule has 2 saturated heterocycles. The first-order valence-corrected chi connectivity index (χ1v) is 13.1. The van der Waals surface area contributed by atoms with Crippen LogP contribution in [0.15, 0.2) is 36.5 Å². The van der Waals surface area contributed by atoms with Gasteiger partial charge in [0.2, 0.25) is 0 Å². The highest BCUT2D eigenvalue weighted by molar-refractivity contribution is 6.33. The molecule has 1 aromatic heterocycles. The van der Waals surface area contributed by atoms with Crippen LogP contribution < -0.4 is 10.2 Å². The number of nitrogens with zero attached hydrogens (tertiary/aromatic N) is 4. The van der Waals surface area contributed by atoms with E-state index in [1.165, 1.54) is 18.4 Å². The summed E-state index contributed by atoms with van der Waals surface area (Å²) in [5.74, 6) is 0.631. The van der Waals surface area contributed by atoms with E-state index in [-0.39, 0.29) is 7.33 Å². The van der Waals surface area contributed by atoms with Crippen molar-refractivity contribution in [2.24, 2.45) is 0 Å². The van der Waals surface area contributed by atoms with Crippen molar-refractivity contribution < 1.29 is 6.22 Å². The van der Waals surface area contributed by atoms with E-state index in [0.29, 0.717) is 35.3 Å². The fourth-order valence-corrected chi connectivity index (χ4v) is 5.73. The van der Waals surface area contributed by atoms with Gasteiger partial charge in [-0.15, -0.1) is 0 Å². The third-order valence-electron chi connectivity index (χ3n) is 7.27. The zero-order chi connectivity index (χ0) is 24.2. The summed E-state index contributed by atoms with van der Waals surface area (Å²) in [5.41, 5.74) is 1.83. The Kier molecular flexibility index (Phi) is 8.35. The Labute approximate surface area is 214 Å². The molecule has 2 aromatic rings. The predicted molar refractivity (Wildman–Crippen MR) is 142 cm³/mol. The zero-order valence-corrected chi connectivity index (χ0v) is 21.8. The van der Waals surface area contributed by atoms with Gasteiger partial charge < -0.3 is 10.2 Å². The van der Waals surface area contributed by atoms with E-state index in [9.17, 15) is 4.79 Å². The predicted octanol–water partition coefficient (Wildman–Crippen LogP) is 5.12. The summed E-state index contributed by atoms with van der Waals surface area (Å²) in [6, 6.07) is 11.4. The summed E-state index contributed by atoms with van der Waals surface area (Å²) in [6.07, 6.45) is 3.99. The van der Waals surface area contributed by atoms with E-state index in [4.69, 9.17) is 23.2 Å². The lowest BCUT2D eigenvalue weighted by atomic mass is 9.97. The first-order valence-electron chi connectivity index (χ1n) is 12.3. The van der Waals surface area contributed by atoms with Crippen molar-refractivity contribution in [3.8, 4) is 0 Å². The Hall–Kier alpha value is -1.86. The normalized spacial score (nSPS) is 21.4. The number of nitrogens with one attached hydrogen (secondary N) is 1. The van der Waals surface area contributed by atoms with Crippen LogP contribution in [0, 0.1) is 0 Å². The number of hydrogen-bond donors (Lipinski definition) is 1. The van der Waals surface area contributed by atoms with Crippen LogP contribution in [0.3, 0.4) is 0 Å². The highest BCUT2D eigenvalue weighted by atomic mass is 35.5. The van der Waals surface area contributed by atoms with E-state index in [1.807, 2.05) is 19.1 Å². The van der Waals surface area contributed by atoms with E-state index >= 15 is 0 Å². The average Bonchev–Trinajstić information content (AvgIpc) is 2.84. The van der Waals surface area contributed by atoms with Gasteiger partial charge in [0, 0.05) is 70.0 Å². The van der Waals surface area contributed by atoms with Gasteiger partial charge in [-0.05, 0) is 57.4 Å². The van der Waals surface area contributed by atoms with Crippen LogP contribution in [0.5, 0.6) is 0 Å².